The summed E-state index contributed by atoms with van der Waals surface area (Å²) in [5, 5.41) is 12.1. The quantitative estimate of drug-likeness (QED) is 0.845. The number of carbonyl (C=O) groups is 2. The van der Waals surface area contributed by atoms with Crippen LogP contribution in [0.4, 0.5) is 0 Å². The number of carbonyl (C=O) groups excluding carboxylic acids is 1. The van der Waals surface area contributed by atoms with Crippen molar-refractivity contribution in [2.24, 2.45) is 0 Å². The molecule has 132 valence electrons. The molecule has 0 saturated carbocycles. The molecular formula is C17H16ClNO6. The fourth-order valence-corrected chi connectivity index (χ4v) is 2.83. The molecule has 7 nitrogen and oxygen atoms in total. The predicted octanol–water partition coefficient (Wildman–Crippen LogP) is 2.57. The van der Waals surface area contributed by atoms with E-state index in [0.717, 1.165) is 0 Å². The number of hydrogen-bond acceptors (Lipinski definition) is 5. The molecule has 3 rings (SSSR count). The molecule has 8 heteroatoms. The third-order valence-electron chi connectivity index (χ3n) is 3.68. The van der Waals surface area contributed by atoms with Crippen LogP contribution in [0.15, 0.2) is 22.6 Å². The minimum atomic E-state index is -1.07. The average molecular weight is 366 g/mol. The van der Waals surface area contributed by atoms with Crippen LogP contribution in [0.2, 0.25) is 5.02 Å². The smallest absolute Gasteiger partial charge is 0.339 e. The van der Waals surface area contributed by atoms with Crippen molar-refractivity contribution in [2.45, 2.75) is 19.9 Å². The molecule has 1 aromatic heterocycles. The Balaban J connectivity index is 1.62. The Kier molecular flexibility index (Phi) is 4.85. The van der Waals surface area contributed by atoms with E-state index in [0.29, 0.717) is 46.8 Å². The molecule has 2 N–H and O–H groups in total. The maximum Gasteiger partial charge on any atom is 0.339 e. The Bertz CT molecular complexity index is 829. The van der Waals surface area contributed by atoms with E-state index < -0.39 is 5.97 Å². The van der Waals surface area contributed by atoms with Crippen LogP contribution >= 0.6 is 11.6 Å². The van der Waals surface area contributed by atoms with Crippen molar-refractivity contribution in [3.8, 4) is 11.5 Å². The summed E-state index contributed by atoms with van der Waals surface area (Å²) in [7, 11) is 0. The van der Waals surface area contributed by atoms with Gasteiger partial charge in [-0.1, -0.05) is 11.6 Å². The summed E-state index contributed by atoms with van der Waals surface area (Å²) in [4.78, 5) is 23.1. The highest BCUT2D eigenvalue weighted by atomic mass is 35.5. The zero-order valence-electron chi connectivity index (χ0n) is 13.4. The first-order valence-corrected chi connectivity index (χ1v) is 7.99. The van der Waals surface area contributed by atoms with Crippen LogP contribution in [0, 0.1) is 6.92 Å². The van der Waals surface area contributed by atoms with Gasteiger partial charge in [-0.15, -0.1) is 0 Å². The fraction of sp³-hybridized carbons (Fsp3) is 0.294. The maximum absolute atomic E-state index is 12.1. The number of furan rings is 1. The Morgan fingerprint density at radius 2 is 2.00 bits per heavy atom. The number of halogens is 1. The first-order valence-electron chi connectivity index (χ1n) is 7.61. The Hall–Kier alpha value is -2.67. The second-order valence-corrected chi connectivity index (χ2v) is 5.95. The van der Waals surface area contributed by atoms with Gasteiger partial charge in [0.1, 0.15) is 30.3 Å². The first-order chi connectivity index (χ1) is 11.9. The minimum Gasteiger partial charge on any atom is -0.486 e. The highest BCUT2D eigenvalue weighted by Gasteiger charge is 2.18. The Morgan fingerprint density at radius 3 is 2.72 bits per heavy atom. The van der Waals surface area contributed by atoms with Crippen LogP contribution < -0.4 is 14.8 Å². The van der Waals surface area contributed by atoms with E-state index in [-0.39, 0.29) is 24.4 Å². The molecule has 0 aliphatic carbocycles. The predicted molar refractivity (Wildman–Crippen MR) is 88.4 cm³/mol. The summed E-state index contributed by atoms with van der Waals surface area (Å²) in [6, 6.07) is 4.78. The van der Waals surface area contributed by atoms with E-state index in [4.69, 9.17) is 30.6 Å². The summed E-state index contributed by atoms with van der Waals surface area (Å²) in [5.41, 5.74) is 0.775. The number of benzene rings is 1. The molecule has 0 unspecified atom stereocenters. The van der Waals surface area contributed by atoms with Crippen LogP contribution in [0.3, 0.4) is 0 Å². The second kappa shape index (κ2) is 7.06. The van der Waals surface area contributed by atoms with Crippen LogP contribution in [-0.2, 0) is 17.8 Å². The third-order valence-corrected chi connectivity index (χ3v) is 3.96. The molecule has 1 aliphatic heterocycles. The molecule has 2 aromatic rings. The number of ether oxygens (including phenoxy) is 2. The third kappa shape index (κ3) is 3.88. The van der Waals surface area contributed by atoms with Crippen LogP contribution in [-0.4, -0.2) is 30.2 Å². The molecular weight excluding hydrogens is 350 g/mol. The molecule has 2 heterocycles. The molecule has 0 radical (unpaired) electrons. The van der Waals surface area contributed by atoms with Gasteiger partial charge in [0.25, 0.3) is 0 Å². The lowest BCUT2D eigenvalue weighted by Crippen LogP contribution is -2.24. The van der Waals surface area contributed by atoms with Crippen LogP contribution in [0.5, 0.6) is 11.5 Å². The highest BCUT2D eigenvalue weighted by Crippen LogP contribution is 2.38. The van der Waals surface area contributed by atoms with Crippen molar-refractivity contribution in [1.29, 1.82) is 0 Å². The number of aryl methyl sites for hydroxylation is 1. The van der Waals surface area contributed by atoms with Gasteiger partial charge in [-0.05, 0) is 30.7 Å². The number of aromatic carboxylic acids is 1. The van der Waals surface area contributed by atoms with Crippen molar-refractivity contribution in [1.82, 2.24) is 5.32 Å². The SMILES string of the molecule is Cc1oc(CNC(=O)Cc2cc(Cl)c3c(c2)OCCO3)cc1C(=O)O. The lowest BCUT2D eigenvalue weighted by atomic mass is 10.1. The largest absolute Gasteiger partial charge is 0.486 e. The molecule has 0 bridgehead atoms. The first kappa shape index (κ1) is 17.2. The number of rotatable bonds is 5. The van der Waals surface area contributed by atoms with Gasteiger partial charge in [-0.3, -0.25) is 4.79 Å². The summed E-state index contributed by atoms with van der Waals surface area (Å²) >= 11 is 6.15. The summed E-state index contributed by atoms with van der Waals surface area (Å²) < 4.78 is 16.2. The number of carboxylic acid groups (broad SMARTS) is 1. The lowest BCUT2D eigenvalue weighted by Gasteiger charge is -2.20. The highest BCUT2D eigenvalue weighted by molar-refractivity contribution is 6.32. The van der Waals surface area contributed by atoms with Crippen LogP contribution in [0.25, 0.3) is 0 Å². The topological polar surface area (TPSA) is 98.0 Å². The van der Waals surface area contributed by atoms with E-state index in [1.807, 2.05) is 0 Å². The Morgan fingerprint density at radius 1 is 1.24 bits per heavy atom. The lowest BCUT2D eigenvalue weighted by molar-refractivity contribution is -0.120. The van der Waals surface area contributed by atoms with E-state index in [9.17, 15) is 9.59 Å². The van der Waals surface area contributed by atoms with Gasteiger partial charge in [0, 0.05) is 0 Å². The van der Waals surface area contributed by atoms with Gasteiger partial charge in [-0.25, -0.2) is 4.79 Å². The summed E-state index contributed by atoms with van der Waals surface area (Å²) in [6.45, 7) is 2.54. The molecule has 0 saturated heterocycles. The van der Waals surface area contributed by atoms with Gasteiger partial charge >= 0.3 is 5.97 Å². The van der Waals surface area contributed by atoms with Gasteiger partial charge in [0.15, 0.2) is 11.5 Å². The van der Waals surface area contributed by atoms with Gasteiger partial charge in [0.05, 0.1) is 18.0 Å². The number of carboxylic acids is 1. The van der Waals surface area contributed by atoms with Crippen LogP contribution in [0.1, 0.15) is 27.4 Å². The fourth-order valence-electron chi connectivity index (χ4n) is 2.54. The molecule has 0 spiro atoms. The van der Waals surface area contributed by atoms with E-state index >= 15 is 0 Å². The van der Waals surface area contributed by atoms with Gasteiger partial charge in [-0.2, -0.15) is 0 Å². The average Bonchev–Trinajstić information content (AvgIpc) is 2.94. The molecule has 0 fully saturated rings. The zero-order chi connectivity index (χ0) is 18.0. The Labute approximate surface area is 148 Å². The summed E-state index contributed by atoms with van der Waals surface area (Å²) in [6.07, 6.45) is 0.0990. The zero-order valence-corrected chi connectivity index (χ0v) is 14.2. The number of hydrogen-bond donors (Lipinski definition) is 2. The summed E-state index contributed by atoms with van der Waals surface area (Å²) in [5.74, 6) is 0.376. The standard InChI is InChI=1S/C17H16ClNO6/c1-9-12(17(21)22)7-11(25-9)8-19-15(20)6-10-4-13(18)16-14(5-10)23-2-3-24-16/h4-5,7H,2-3,6,8H2,1H3,(H,19,20)(H,21,22). The molecule has 1 amide bonds. The molecule has 25 heavy (non-hydrogen) atoms. The maximum atomic E-state index is 12.1. The number of nitrogens with one attached hydrogen (secondary N) is 1. The van der Waals surface area contributed by atoms with E-state index in [1.54, 1.807) is 19.1 Å². The second-order valence-electron chi connectivity index (χ2n) is 5.54. The van der Waals surface area contributed by atoms with Crippen molar-refractivity contribution in [2.75, 3.05) is 13.2 Å². The van der Waals surface area contributed by atoms with E-state index in [1.165, 1.54) is 6.07 Å². The number of amides is 1. The molecule has 1 aromatic carbocycles. The molecule has 1 aliphatic rings. The van der Waals surface area contributed by atoms with Crippen molar-refractivity contribution >= 4 is 23.5 Å². The van der Waals surface area contributed by atoms with Crippen molar-refractivity contribution in [3.05, 3.63) is 45.9 Å². The number of fused-ring (bicyclic) bond motifs is 1. The normalized spacial score (nSPS) is 12.7. The van der Waals surface area contributed by atoms with Crippen molar-refractivity contribution < 1.29 is 28.6 Å². The van der Waals surface area contributed by atoms with Gasteiger partial charge in [0.2, 0.25) is 5.91 Å². The molecule has 0 atom stereocenters. The van der Waals surface area contributed by atoms with Gasteiger partial charge < -0.3 is 24.3 Å². The minimum absolute atomic E-state index is 0.0860. The van der Waals surface area contributed by atoms with E-state index in [2.05, 4.69) is 5.32 Å². The van der Waals surface area contributed by atoms with Crippen molar-refractivity contribution in [3.63, 3.8) is 0 Å². The monoisotopic (exact) mass is 365 g/mol.